The lowest BCUT2D eigenvalue weighted by atomic mass is 10.1. The van der Waals surface area contributed by atoms with Crippen LogP contribution in [0.2, 0.25) is 0 Å². The number of esters is 1. The number of aryl methyl sites for hydroxylation is 1. The van der Waals surface area contributed by atoms with Gasteiger partial charge in [0.1, 0.15) is 5.75 Å². The van der Waals surface area contributed by atoms with E-state index in [1.54, 1.807) is 12.1 Å². The Balaban J connectivity index is 1.82. The Labute approximate surface area is 143 Å². The van der Waals surface area contributed by atoms with Gasteiger partial charge in [-0.1, -0.05) is 19.1 Å². The highest BCUT2D eigenvalue weighted by Gasteiger charge is 2.11. The zero-order valence-electron chi connectivity index (χ0n) is 13.5. The predicted octanol–water partition coefficient (Wildman–Crippen LogP) is 3.65. The number of ether oxygens (including phenoxy) is 2. The summed E-state index contributed by atoms with van der Waals surface area (Å²) in [6, 6.07) is 12.3. The maximum atomic E-state index is 12.0. The molecule has 0 unspecified atom stereocenters. The maximum Gasteiger partial charge on any atom is 0.387 e. The number of carbonyl (C=O) groups is 2. The van der Waals surface area contributed by atoms with Crippen molar-refractivity contribution in [1.82, 2.24) is 0 Å². The number of carbonyl (C=O) groups excluding carboxylic acids is 2. The van der Waals surface area contributed by atoms with Crippen molar-refractivity contribution in [3.8, 4) is 5.75 Å². The monoisotopic (exact) mass is 349 g/mol. The van der Waals surface area contributed by atoms with Gasteiger partial charge < -0.3 is 14.8 Å². The summed E-state index contributed by atoms with van der Waals surface area (Å²) < 4.78 is 33.2. The SMILES string of the molecule is CCc1ccc(C(=O)OCC(=O)Nc2ccc(OC(F)F)cc2)cc1. The fourth-order valence-corrected chi connectivity index (χ4v) is 2.01. The molecule has 0 saturated heterocycles. The lowest BCUT2D eigenvalue weighted by molar-refractivity contribution is -0.119. The molecule has 0 heterocycles. The van der Waals surface area contributed by atoms with Gasteiger partial charge in [-0.2, -0.15) is 8.78 Å². The lowest BCUT2D eigenvalue weighted by Gasteiger charge is -2.08. The van der Waals surface area contributed by atoms with Gasteiger partial charge in [0.05, 0.1) is 5.56 Å². The van der Waals surface area contributed by atoms with Crippen LogP contribution in [0.15, 0.2) is 48.5 Å². The number of alkyl halides is 2. The van der Waals surface area contributed by atoms with E-state index in [4.69, 9.17) is 4.74 Å². The minimum atomic E-state index is -2.91. The first-order valence-electron chi connectivity index (χ1n) is 7.58. The third kappa shape index (κ3) is 5.87. The number of benzene rings is 2. The van der Waals surface area contributed by atoms with Crippen molar-refractivity contribution in [2.75, 3.05) is 11.9 Å². The molecule has 0 radical (unpaired) electrons. The number of hydrogen-bond acceptors (Lipinski definition) is 4. The van der Waals surface area contributed by atoms with E-state index in [-0.39, 0.29) is 5.75 Å². The van der Waals surface area contributed by atoms with Gasteiger partial charge in [-0.3, -0.25) is 4.79 Å². The molecule has 0 aliphatic carbocycles. The predicted molar refractivity (Wildman–Crippen MR) is 87.8 cm³/mol. The minimum absolute atomic E-state index is 0.0186. The van der Waals surface area contributed by atoms with Gasteiger partial charge in [0.2, 0.25) is 0 Å². The Kier molecular flexibility index (Phi) is 6.45. The molecule has 0 bridgehead atoms. The van der Waals surface area contributed by atoms with Crippen molar-refractivity contribution in [3.63, 3.8) is 0 Å². The van der Waals surface area contributed by atoms with E-state index in [9.17, 15) is 18.4 Å². The van der Waals surface area contributed by atoms with E-state index in [1.807, 2.05) is 19.1 Å². The van der Waals surface area contributed by atoms with Crippen LogP contribution in [0.1, 0.15) is 22.8 Å². The van der Waals surface area contributed by atoms with Crippen molar-refractivity contribution in [3.05, 3.63) is 59.7 Å². The van der Waals surface area contributed by atoms with Crippen LogP contribution in [0.25, 0.3) is 0 Å². The van der Waals surface area contributed by atoms with Crippen molar-refractivity contribution >= 4 is 17.6 Å². The van der Waals surface area contributed by atoms with Crippen molar-refractivity contribution < 1.29 is 27.8 Å². The first kappa shape index (κ1) is 18.4. The molecule has 0 saturated carbocycles. The molecule has 132 valence electrons. The number of halogens is 2. The molecule has 2 rings (SSSR count). The zero-order valence-corrected chi connectivity index (χ0v) is 13.5. The quantitative estimate of drug-likeness (QED) is 0.775. The fourth-order valence-electron chi connectivity index (χ4n) is 2.01. The Morgan fingerprint density at radius 1 is 1.04 bits per heavy atom. The maximum absolute atomic E-state index is 12.0. The lowest BCUT2D eigenvalue weighted by Crippen LogP contribution is -2.20. The molecule has 0 atom stereocenters. The second-order valence-corrected chi connectivity index (χ2v) is 5.08. The summed E-state index contributed by atoms with van der Waals surface area (Å²) >= 11 is 0. The molecule has 2 aromatic rings. The molecule has 0 fully saturated rings. The third-order valence-corrected chi connectivity index (χ3v) is 3.30. The molecule has 2 aromatic carbocycles. The Morgan fingerprint density at radius 2 is 1.68 bits per heavy atom. The van der Waals surface area contributed by atoms with E-state index in [0.717, 1.165) is 12.0 Å². The number of anilines is 1. The van der Waals surface area contributed by atoms with Gasteiger partial charge in [0.25, 0.3) is 5.91 Å². The number of nitrogens with one attached hydrogen (secondary N) is 1. The van der Waals surface area contributed by atoms with Crippen LogP contribution in [0, 0.1) is 0 Å². The van der Waals surface area contributed by atoms with Gasteiger partial charge in [-0.15, -0.1) is 0 Å². The van der Waals surface area contributed by atoms with E-state index in [1.165, 1.54) is 24.3 Å². The highest BCUT2D eigenvalue weighted by atomic mass is 19.3. The van der Waals surface area contributed by atoms with Crippen LogP contribution < -0.4 is 10.1 Å². The molecule has 1 amide bonds. The number of hydrogen-bond donors (Lipinski definition) is 1. The van der Waals surface area contributed by atoms with Gasteiger partial charge in [0, 0.05) is 5.69 Å². The second-order valence-electron chi connectivity index (χ2n) is 5.08. The molecular formula is C18H17F2NO4. The van der Waals surface area contributed by atoms with Crippen LogP contribution in [-0.2, 0) is 16.0 Å². The summed E-state index contributed by atoms with van der Waals surface area (Å²) in [5.74, 6) is -1.16. The van der Waals surface area contributed by atoms with Crippen LogP contribution >= 0.6 is 0 Å². The smallest absolute Gasteiger partial charge is 0.387 e. The third-order valence-electron chi connectivity index (χ3n) is 3.30. The summed E-state index contributed by atoms with van der Waals surface area (Å²) in [5.41, 5.74) is 1.82. The van der Waals surface area contributed by atoms with E-state index < -0.39 is 25.1 Å². The summed E-state index contributed by atoms with van der Waals surface area (Å²) in [7, 11) is 0. The summed E-state index contributed by atoms with van der Waals surface area (Å²) in [6.45, 7) is -1.36. The van der Waals surface area contributed by atoms with E-state index in [0.29, 0.717) is 11.3 Å². The minimum Gasteiger partial charge on any atom is -0.452 e. The average molecular weight is 349 g/mol. The van der Waals surface area contributed by atoms with Gasteiger partial charge >= 0.3 is 12.6 Å². The van der Waals surface area contributed by atoms with Crippen molar-refractivity contribution in [2.24, 2.45) is 0 Å². The van der Waals surface area contributed by atoms with Crippen LogP contribution in [0.3, 0.4) is 0 Å². The van der Waals surface area contributed by atoms with Crippen LogP contribution in [0.5, 0.6) is 5.75 Å². The van der Waals surface area contributed by atoms with Gasteiger partial charge in [0.15, 0.2) is 6.61 Å². The number of amides is 1. The summed E-state index contributed by atoms with van der Waals surface area (Å²) in [5, 5.41) is 2.49. The van der Waals surface area contributed by atoms with E-state index >= 15 is 0 Å². The van der Waals surface area contributed by atoms with Gasteiger partial charge in [-0.25, -0.2) is 4.79 Å². The summed E-state index contributed by atoms with van der Waals surface area (Å²) in [4.78, 5) is 23.6. The van der Waals surface area contributed by atoms with Crippen molar-refractivity contribution in [1.29, 1.82) is 0 Å². The largest absolute Gasteiger partial charge is 0.452 e. The summed E-state index contributed by atoms with van der Waals surface area (Å²) in [6.07, 6.45) is 0.860. The fraction of sp³-hybridized carbons (Fsp3) is 0.222. The molecule has 5 nitrogen and oxygen atoms in total. The zero-order chi connectivity index (χ0) is 18.2. The first-order valence-corrected chi connectivity index (χ1v) is 7.58. The normalized spacial score (nSPS) is 10.4. The van der Waals surface area contributed by atoms with Crippen molar-refractivity contribution in [2.45, 2.75) is 20.0 Å². The Bertz CT molecular complexity index is 715. The van der Waals surface area contributed by atoms with Crippen LogP contribution in [-0.4, -0.2) is 25.1 Å². The molecule has 0 aliphatic rings. The van der Waals surface area contributed by atoms with Gasteiger partial charge in [-0.05, 0) is 48.4 Å². The Morgan fingerprint density at radius 3 is 2.24 bits per heavy atom. The number of rotatable bonds is 7. The topological polar surface area (TPSA) is 64.6 Å². The molecule has 25 heavy (non-hydrogen) atoms. The standard InChI is InChI=1S/C18H17F2NO4/c1-2-12-3-5-13(6-4-12)17(23)24-11-16(22)21-14-7-9-15(10-8-14)25-18(19)20/h3-10,18H,2,11H2,1H3,(H,21,22). The highest BCUT2D eigenvalue weighted by molar-refractivity contribution is 5.95. The van der Waals surface area contributed by atoms with E-state index in [2.05, 4.69) is 10.1 Å². The van der Waals surface area contributed by atoms with Crippen LogP contribution in [0.4, 0.5) is 14.5 Å². The molecule has 7 heteroatoms. The highest BCUT2D eigenvalue weighted by Crippen LogP contribution is 2.17. The second kappa shape index (κ2) is 8.77. The molecule has 0 aliphatic heterocycles. The molecular weight excluding hydrogens is 332 g/mol. The molecule has 0 aromatic heterocycles. The Hall–Kier alpha value is -2.96. The molecule has 0 spiro atoms. The average Bonchev–Trinajstić information content (AvgIpc) is 2.61. The first-order chi connectivity index (χ1) is 12.0. The molecule has 1 N–H and O–H groups in total.